The summed E-state index contributed by atoms with van der Waals surface area (Å²) in [5.41, 5.74) is 1.99. The lowest BCUT2D eigenvalue weighted by molar-refractivity contribution is -0.121. The van der Waals surface area contributed by atoms with Crippen molar-refractivity contribution in [2.45, 2.75) is 19.5 Å². The van der Waals surface area contributed by atoms with Crippen molar-refractivity contribution in [1.29, 1.82) is 0 Å². The third-order valence-corrected chi connectivity index (χ3v) is 5.16. The molecular formula is C18H22FN3OS. The van der Waals surface area contributed by atoms with Gasteiger partial charge in [-0.2, -0.15) is 11.3 Å². The summed E-state index contributed by atoms with van der Waals surface area (Å²) < 4.78 is 12.9. The molecule has 128 valence electrons. The Bertz CT molecular complexity index is 651. The van der Waals surface area contributed by atoms with Crippen molar-refractivity contribution < 1.29 is 9.18 Å². The lowest BCUT2D eigenvalue weighted by Crippen LogP contribution is -2.52. The van der Waals surface area contributed by atoms with Crippen LogP contribution in [0.3, 0.4) is 0 Å². The first-order valence-corrected chi connectivity index (χ1v) is 9.10. The van der Waals surface area contributed by atoms with Gasteiger partial charge in [-0.05, 0) is 53.6 Å². The van der Waals surface area contributed by atoms with E-state index in [1.807, 2.05) is 6.92 Å². The highest BCUT2D eigenvalue weighted by Crippen LogP contribution is 2.14. The quantitative estimate of drug-likeness (QED) is 0.903. The number of carbonyl (C=O) groups is 1. The van der Waals surface area contributed by atoms with Gasteiger partial charge < -0.3 is 5.32 Å². The van der Waals surface area contributed by atoms with Gasteiger partial charge in [0.1, 0.15) is 5.82 Å². The zero-order valence-electron chi connectivity index (χ0n) is 13.7. The standard InChI is InChI=1S/C18H22FN3OS/c1-14(18(23)20-17-4-2-16(19)3-5-17)22-9-7-21(8-10-22)12-15-6-11-24-13-15/h2-6,11,13-14H,7-10,12H2,1H3,(H,20,23)/t14-/m0/s1. The summed E-state index contributed by atoms with van der Waals surface area (Å²) in [7, 11) is 0. The Morgan fingerprint density at radius 3 is 2.54 bits per heavy atom. The second-order valence-electron chi connectivity index (χ2n) is 6.12. The molecule has 2 heterocycles. The van der Waals surface area contributed by atoms with E-state index in [4.69, 9.17) is 0 Å². The molecule has 3 rings (SSSR count). The SMILES string of the molecule is C[C@@H](C(=O)Nc1ccc(F)cc1)N1CCN(Cc2ccsc2)CC1. The van der Waals surface area contributed by atoms with Gasteiger partial charge in [0.25, 0.3) is 0 Å². The van der Waals surface area contributed by atoms with E-state index in [9.17, 15) is 9.18 Å². The van der Waals surface area contributed by atoms with E-state index in [1.54, 1.807) is 23.5 Å². The lowest BCUT2D eigenvalue weighted by atomic mass is 10.2. The summed E-state index contributed by atoms with van der Waals surface area (Å²) in [5.74, 6) is -0.351. The first-order chi connectivity index (χ1) is 11.6. The van der Waals surface area contributed by atoms with Crippen molar-refractivity contribution in [2.75, 3.05) is 31.5 Å². The molecule has 1 saturated heterocycles. The van der Waals surface area contributed by atoms with E-state index in [0.717, 1.165) is 32.7 Å². The molecule has 0 radical (unpaired) electrons. The van der Waals surface area contributed by atoms with Crippen LogP contribution in [0.25, 0.3) is 0 Å². The van der Waals surface area contributed by atoms with Gasteiger partial charge in [-0.15, -0.1) is 0 Å². The first-order valence-electron chi connectivity index (χ1n) is 8.16. The Kier molecular flexibility index (Phi) is 5.60. The number of thiophene rings is 1. The zero-order valence-corrected chi connectivity index (χ0v) is 14.6. The van der Waals surface area contributed by atoms with Gasteiger partial charge in [-0.25, -0.2) is 4.39 Å². The number of halogens is 1. The van der Waals surface area contributed by atoms with E-state index in [1.165, 1.54) is 17.7 Å². The summed E-state index contributed by atoms with van der Waals surface area (Å²) in [6.45, 7) is 6.58. The molecule has 2 aromatic rings. The van der Waals surface area contributed by atoms with Crippen molar-refractivity contribution >= 4 is 22.9 Å². The predicted octanol–water partition coefficient (Wildman–Crippen LogP) is 3.03. The fraction of sp³-hybridized carbons (Fsp3) is 0.389. The summed E-state index contributed by atoms with van der Waals surface area (Å²) in [6.07, 6.45) is 0. The zero-order chi connectivity index (χ0) is 16.9. The number of nitrogens with one attached hydrogen (secondary N) is 1. The Morgan fingerprint density at radius 1 is 1.21 bits per heavy atom. The molecule has 0 saturated carbocycles. The molecule has 1 aliphatic rings. The molecule has 24 heavy (non-hydrogen) atoms. The average Bonchev–Trinajstić information content (AvgIpc) is 3.10. The minimum absolute atomic E-state index is 0.0482. The molecule has 0 bridgehead atoms. The van der Waals surface area contributed by atoms with Crippen molar-refractivity contribution in [3.8, 4) is 0 Å². The van der Waals surface area contributed by atoms with E-state index < -0.39 is 0 Å². The number of piperazine rings is 1. The summed E-state index contributed by atoms with van der Waals surface area (Å²) >= 11 is 1.73. The van der Waals surface area contributed by atoms with Crippen LogP contribution in [0.1, 0.15) is 12.5 Å². The van der Waals surface area contributed by atoms with Crippen LogP contribution in [0.5, 0.6) is 0 Å². The third-order valence-electron chi connectivity index (χ3n) is 4.43. The molecule has 1 atom stereocenters. The van der Waals surface area contributed by atoms with Gasteiger partial charge in [-0.1, -0.05) is 0 Å². The van der Waals surface area contributed by atoms with Gasteiger partial charge in [0.15, 0.2) is 0 Å². The molecule has 0 unspecified atom stereocenters. The number of hydrogen-bond acceptors (Lipinski definition) is 4. The van der Waals surface area contributed by atoms with Crippen molar-refractivity contribution in [1.82, 2.24) is 9.80 Å². The molecule has 6 heteroatoms. The van der Waals surface area contributed by atoms with Crippen LogP contribution in [0, 0.1) is 5.82 Å². The second kappa shape index (κ2) is 7.88. The van der Waals surface area contributed by atoms with Crippen molar-refractivity contribution in [3.05, 3.63) is 52.5 Å². The van der Waals surface area contributed by atoms with Gasteiger partial charge in [0.05, 0.1) is 6.04 Å². The third kappa shape index (κ3) is 4.41. The summed E-state index contributed by atoms with van der Waals surface area (Å²) in [4.78, 5) is 17.0. The summed E-state index contributed by atoms with van der Waals surface area (Å²) in [5, 5.41) is 7.14. The topological polar surface area (TPSA) is 35.6 Å². The maximum atomic E-state index is 12.9. The number of benzene rings is 1. The normalized spacial score (nSPS) is 17.6. The molecule has 0 spiro atoms. The van der Waals surface area contributed by atoms with Crippen molar-refractivity contribution in [2.24, 2.45) is 0 Å². The second-order valence-corrected chi connectivity index (χ2v) is 6.90. The largest absolute Gasteiger partial charge is 0.325 e. The number of carbonyl (C=O) groups excluding carboxylic acids is 1. The molecule has 1 fully saturated rings. The van der Waals surface area contributed by atoms with E-state index in [0.29, 0.717) is 5.69 Å². The molecule has 1 N–H and O–H groups in total. The van der Waals surface area contributed by atoms with Gasteiger partial charge in [0.2, 0.25) is 5.91 Å². The van der Waals surface area contributed by atoms with Crippen LogP contribution >= 0.6 is 11.3 Å². The molecule has 0 aliphatic carbocycles. The molecular weight excluding hydrogens is 325 g/mol. The number of rotatable bonds is 5. The molecule has 1 aliphatic heterocycles. The van der Waals surface area contributed by atoms with Crippen molar-refractivity contribution in [3.63, 3.8) is 0 Å². The van der Waals surface area contributed by atoms with Gasteiger partial charge >= 0.3 is 0 Å². The van der Waals surface area contributed by atoms with Gasteiger partial charge in [-0.3, -0.25) is 14.6 Å². The van der Waals surface area contributed by atoms with Crippen LogP contribution < -0.4 is 5.32 Å². The van der Waals surface area contributed by atoms with E-state index >= 15 is 0 Å². The van der Waals surface area contributed by atoms with Gasteiger partial charge in [0, 0.05) is 38.4 Å². The predicted molar refractivity (Wildman–Crippen MR) is 95.7 cm³/mol. The number of nitrogens with zero attached hydrogens (tertiary/aromatic N) is 2. The Hall–Kier alpha value is -1.76. The number of hydrogen-bond donors (Lipinski definition) is 1. The molecule has 1 amide bonds. The monoisotopic (exact) mass is 347 g/mol. The smallest absolute Gasteiger partial charge is 0.241 e. The summed E-state index contributed by atoms with van der Waals surface area (Å²) in [6, 6.07) is 7.83. The minimum Gasteiger partial charge on any atom is -0.325 e. The fourth-order valence-corrected chi connectivity index (χ4v) is 3.56. The Labute approximate surface area is 145 Å². The number of anilines is 1. The van der Waals surface area contributed by atoms with E-state index in [-0.39, 0.29) is 17.8 Å². The Balaban J connectivity index is 1.48. The van der Waals surface area contributed by atoms with E-state index in [2.05, 4.69) is 31.9 Å². The molecule has 1 aromatic heterocycles. The van der Waals surface area contributed by atoms with Crippen LogP contribution in [-0.4, -0.2) is 47.9 Å². The van der Waals surface area contributed by atoms with Crippen LogP contribution in [0.2, 0.25) is 0 Å². The highest BCUT2D eigenvalue weighted by molar-refractivity contribution is 7.07. The minimum atomic E-state index is -0.303. The number of amides is 1. The van der Waals surface area contributed by atoms with Crippen LogP contribution in [0.4, 0.5) is 10.1 Å². The average molecular weight is 347 g/mol. The highest BCUT2D eigenvalue weighted by atomic mass is 32.1. The maximum Gasteiger partial charge on any atom is 0.241 e. The highest BCUT2D eigenvalue weighted by Gasteiger charge is 2.25. The fourth-order valence-electron chi connectivity index (χ4n) is 2.90. The Morgan fingerprint density at radius 2 is 1.92 bits per heavy atom. The first kappa shape index (κ1) is 17.1. The van der Waals surface area contributed by atoms with Crippen LogP contribution in [0.15, 0.2) is 41.1 Å². The molecule has 4 nitrogen and oxygen atoms in total. The lowest BCUT2D eigenvalue weighted by Gasteiger charge is -2.37. The maximum absolute atomic E-state index is 12.9. The van der Waals surface area contributed by atoms with Crippen LogP contribution in [-0.2, 0) is 11.3 Å². The molecule has 1 aromatic carbocycles.